The quantitative estimate of drug-likeness (QED) is 0.269. The number of amides is 1. The van der Waals surface area contributed by atoms with Gasteiger partial charge in [-0.05, 0) is 53.9 Å². The number of ether oxygens (including phenoxy) is 1. The van der Waals surface area contributed by atoms with Crippen molar-refractivity contribution in [3.05, 3.63) is 105 Å². The number of aliphatic hydroxyl groups is 1. The maximum absolute atomic E-state index is 13.7. The maximum Gasteiger partial charge on any atom is 0.290 e. The minimum Gasteiger partial charge on any atom is -0.508 e. The van der Waals surface area contributed by atoms with Crippen LogP contribution in [0.3, 0.4) is 0 Å². The van der Waals surface area contributed by atoms with Crippen LogP contribution < -0.4 is 4.74 Å². The molecule has 1 amide bonds. The Bertz CT molecular complexity index is 1560. The van der Waals surface area contributed by atoms with Gasteiger partial charge in [0.1, 0.15) is 5.75 Å². The summed E-state index contributed by atoms with van der Waals surface area (Å²) in [6.07, 6.45) is 0.452. The standard InChI is InChI=1S/C28H21Cl2NO6/c1-36-22-14-19(30)11-17-13-21(37-27(17)22)25(33)23-24(16-3-2-4-20(32)12-16)31(28(35)26(23)34)10-9-15-5-7-18(29)8-6-15/h2-8,11-14,24,32,34H,9-10H2,1H3. The largest absolute Gasteiger partial charge is 0.508 e. The lowest BCUT2D eigenvalue weighted by molar-refractivity contribution is -0.129. The van der Waals surface area contributed by atoms with Gasteiger partial charge in [-0.25, -0.2) is 0 Å². The van der Waals surface area contributed by atoms with Gasteiger partial charge in [0.2, 0.25) is 5.78 Å². The number of Topliss-reactive ketones (excluding diaryl/α,β-unsaturated/α-hetero) is 1. The molecule has 0 fully saturated rings. The Labute approximate surface area is 222 Å². The molecule has 2 heterocycles. The molecule has 1 aliphatic rings. The van der Waals surface area contributed by atoms with E-state index in [4.69, 9.17) is 32.4 Å². The molecule has 0 saturated heterocycles. The zero-order valence-electron chi connectivity index (χ0n) is 19.6. The Balaban J connectivity index is 1.55. The van der Waals surface area contributed by atoms with E-state index in [1.165, 1.54) is 30.2 Å². The average Bonchev–Trinajstić information content (AvgIpc) is 3.42. The fourth-order valence-corrected chi connectivity index (χ4v) is 4.88. The molecule has 37 heavy (non-hydrogen) atoms. The van der Waals surface area contributed by atoms with E-state index < -0.39 is 23.5 Å². The molecule has 3 aromatic carbocycles. The minimum absolute atomic E-state index is 0.0381. The van der Waals surface area contributed by atoms with Gasteiger partial charge in [0.05, 0.1) is 18.7 Å². The van der Waals surface area contributed by atoms with Crippen LogP contribution in [0.25, 0.3) is 11.0 Å². The average molecular weight is 538 g/mol. The molecule has 2 N–H and O–H groups in total. The van der Waals surface area contributed by atoms with Crippen molar-refractivity contribution in [2.24, 2.45) is 0 Å². The Hall–Kier alpha value is -3.94. The van der Waals surface area contributed by atoms with Crippen molar-refractivity contribution in [3.8, 4) is 11.5 Å². The summed E-state index contributed by atoms with van der Waals surface area (Å²) in [4.78, 5) is 28.4. The first-order valence-corrected chi connectivity index (χ1v) is 12.1. The van der Waals surface area contributed by atoms with Gasteiger partial charge < -0.3 is 24.3 Å². The number of phenolic OH excluding ortho intramolecular Hbond substituents is 1. The lowest BCUT2D eigenvalue weighted by Gasteiger charge is -2.27. The van der Waals surface area contributed by atoms with Crippen molar-refractivity contribution in [1.82, 2.24) is 4.90 Å². The van der Waals surface area contributed by atoms with Crippen molar-refractivity contribution < 1.29 is 29.0 Å². The molecule has 188 valence electrons. The summed E-state index contributed by atoms with van der Waals surface area (Å²) >= 11 is 12.1. The van der Waals surface area contributed by atoms with E-state index in [-0.39, 0.29) is 23.6 Å². The van der Waals surface area contributed by atoms with Gasteiger partial charge in [-0.3, -0.25) is 9.59 Å². The van der Waals surface area contributed by atoms with Gasteiger partial charge in [-0.2, -0.15) is 0 Å². The number of ketones is 1. The first-order chi connectivity index (χ1) is 17.8. The highest BCUT2D eigenvalue weighted by Gasteiger charge is 2.44. The molecule has 0 bridgehead atoms. The van der Waals surface area contributed by atoms with E-state index in [2.05, 4.69) is 0 Å². The van der Waals surface area contributed by atoms with Crippen molar-refractivity contribution in [1.29, 1.82) is 0 Å². The number of nitrogens with zero attached hydrogens (tertiary/aromatic N) is 1. The van der Waals surface area contributed by atoms with Crippen molar-refractivity contribution >= 4 is 45.9 Å². The van der Waals surface area contributed by atoms with E-state index >= 15 is 0 Å². The molecule has 0 saturated carbocycles. The number of aromatic hydroxyl groups is 1. The molecule has 0 radical (unpaired) electrons. The molecule has 1 aromatic heterocycles. The fraction of sp³-hybridized carbons (Fsp3) is 0.143. The molecule has 1 atom stereocenters. The number of rotatable bonds is 7. The molecule has 1 aliphatic heterocycles. The third-order valence-electron chi connectivity index (χ3n) is 6.28. The number of fused-ring (bicyclic) bond motifs is 1. The molecular formula is C28H21Cl2NO6. The molecule has 1 unspecified atom stereocenters. The number of hydrogen-bond acceptors (Lipinski definition) is 6. The number of methoxy groups -OCH3 is 1. The van der Waals surface area contributed by atoms with Crippen LogP contribution in [0.4, 0.5) is 0 Å². The monoisotopic (exact) mass is 537 g/mol. The molecule has 5 rings (SSSR count). The van der Waals surface area contributed by atoms with Crippen LogP contribution in [0.15, 0.2) is 82.5 Å². The summed E-state index contributed by atoms with van der Waals surface area (Å²) in [7, 11) is 1.45. The fourth-order valence-electron chi connectivity index (χ4n) is 4.54. The van der Waals surface area contributed by atoms with Crippen LogP contribution in [-0.2, 0) is 11.2 Å². The summed E-state index contributed by atoms with van der Waals surface area (Å²) in [6, 6.07) is 17.2. The van der Waals surface area contributed by atoms with Crippen LogP contribution in [0.5, 0.6) is 11.5 Å². The van der Waals surface area contributed by atoms with Gasteiger partial charge in [0.25, 0.3) is 5.91 Å². The topological polar surface area (TPSA) is 100 Å². The number of halogens is 2. The summed E-state index contributed by atoms with van der Waals surface area (Å²) in [5, 5.41) is 22.6. The van der Waals surface area contributed by atoms with E-state index in [1.54, 1.807) is 36.4 Å². The number of benzene rings is 3. The first kappa shape index (κ1) is 24.7. The number of carbonyl (C=O) groups is 2. The first-order valence-electron chi connectivity index (χ1n) is 11.4. The number of phenols is 1. The van der Waals surface area contributed by atoms with Crippen molar-refractivity contribution in [2.45, 2.75) is 12.5 Å². The third kappa shape index (κ3) is 4.63. The van der Waals surface area contributed by atoms with Crippen molar-refractivity contribution in [2.75, 3.05) is 13.7 Å². The number of furan rings is 1. The second-order valence-electron chi connectivity index (χ2n) is 8.60. The molecule has 0 spiro atoms. The smallest absolute Gasteiger partial charge is 0.290 e. The van der Waals surface area contributed by atoms with Crippen LogP contribution >= 0.6 is 23.2 Å². The number of hydrogen-bond donors (Lipinski definition) is 2. The molecule has 7 nitrogen and oxygen atoms in total. The maximum atomic E-state index is 13.7. The van der Waals surface area contributed by atoms with E-state index in [0.29, 0.717) is 38.7 Å². The van der Waals surface area contributed by atoms with Gasteiger partial charge >= 0.3 is 0 Å². The summed E-state index contributed by atoms with van der Waals surface area (Å²) in [5.74, 6) is -1.81. The van der Waals surface area contributed by atoms with Crippen LogP contribution in [0.2, 0.25) is 10.0 Å². The normalized spacial score (nSPS) is 15.6. The highest BCUT2D eigenvalue weighted by Crippen LogP contribution is 2.41. The van der Waals surface area contributed by atoms with Crippen LogP contribution in [-0.4, -0.2) is 40.5 Å². The zero-order valence-corrected chi connectivity index (χ0v) is 21.1. The second-order valence-corrected chi connectivity index (χ2v) is 9.47. The Morgan fingerprint density at radius 2 is 1.78 bits per heavy atom. The summed E-state index contributed by atoms with van der Waals surface area (Å²) in [6.45, 7) is 0.200. The molecular weight excluding hydrogens is 517 g/mol. The predicted octanol–water partition coefficient (Wildman–Crippen LogP) is 6.27. The van der Waals surface area contributed by atoms with Gasteiger partial charge in [0.15, 0.2) is 22.9 Å². The minimum atomic E-state index is -0.946. The lowest BCUT2D eigenvalue weighted by Crippen LogP contribution is -2.33. The predicted molar refractivity (Wildman–Crippen MR) is 139 cm³/mol. The number of carbonyl (C=O) groups excluding carboxylic acids is 2. The van der Waals surface area contributed by atoms with Crippen LogP contribution in [0, 0.1) is 0 Å². The molecule has 4 aromatic rings. The van der Waals surface area contributed by atoms with Gasteiger partial charge in [0, 0.05) is 28.0 Å². The van der Waals surface area contributed by atoms with Crippen LogP contribution in [0.1, 0.15) is 27.7 Å². The van der Waals surface area contributed by atoms with E-state index in [9.17, 15) is 19.8 Å². The Morgan fingerprint density at radius 1 is 1.03 bits per heavy atom. The summed E-state index contributed by atoms with van der Waals surface area (Å²) < 4.78 is 11.1. The lowest BCUT2D eigenvalue weighted by atomic mass is 9.94. The van der Waals surface area contributed by atoms with Crippen molar-refractivity contribution in [3.63, 3.8) is 0 Å². The molecule has 9 heteroatoms. The SMILES string of the molecule is COc1cc(Cl)cc2cc(C(=O)C3=C(O)C(=O)N(CCc4ccc(Cl)cc4)C3c3cccc(O)c3)oc12. The highest BCUT2D eigenvalue weighted by molar-refractivity contribution is 6.31. The van der Waals surface area contributed by atoms with Gasteiger partial charge in [-0.15, -0.1) is 0 Å². The van der Waals surface area contributed by atoms with E-state index in [0.717, 1.165) is 5.56 Å². The zero-order chi connectivity index (χ0) is 26.3. The number of aliphatic hydroxyl groups excluding tert-OH is 1. The van der Waals surface area contributed by atoms with E-state index in [1.807, 2.05) is 12.1 Å². The van der Waals surface area contributed by atoms with Gasteiger partial charge in [-0.1, -0.05) is 47.5 Å². The second kappa shape index (κ2) is 9.84. The Morgan fingerprint density at radius 3 is 2.49 bits per heavy atom. The highest BCUT2D eigenvalue weighted by atomic mass is 35.5. The molecule has 0 aliphatic carbocycles. The Kier molecular flexibility index (Phi) is 6.58. The summed E-state index contributed by atoms with van der Waals surface area (Å²) in [5.41, 5.74) is 1.56. The third-order valence-corrected chi connectivity index (χ3v) is 6.75.